The summed E-state index contributed by atoms with van der Waals surface area (Å²) in [7, 11) is 1.90. The van der Waals surface area contributed by atoms with Crippen LogP contribution in [0, 0.1) is 0 Å². The van der Waals surface area contributed by atoms with E-state index in [0.29, 0.717) is 12.5 Å². The topological polar surface area (TPSA) is 32.3 Å². The number of amides is 1. The van der Waals surface area contributed by atoms with Crippen LogP contribution >= 0.6 is 24.0 Å². The van der Waals surface area contributed by atoms with E-state index in [9.17, 15) is 4.79 Å². The molecule has 1 aromatic carbocycles. The van der Waals surface area contributed by atoms with Gasteiger partial charge in [-0.15, -0.1) is 12.4 Å². The Kier molecular flexibility index (Phi) is 7.50. The maximum absolute atomic E-state index is 12.2. The average molecular weight is 331 g/mol. The summed E-state index contributed by atoms with van der Waals surface area (Å²) in [6.07, 6.45) is 3.77. The molecule has 1 heterocycles. The van der Waals surface area contributed by atoms with Gasteiger partial charge in [0.15, 0.2) is 0 Å². The van der Waals surface area contributed by atoms with E-state index in [0.717, 1.165) is 24.4 Å². The van der Waals surface area contributed by atoms with Gasteiger partial charge in [-0.3, -0.25) is 4.79 Å². The molecule has 0 spiro atoms. The van der Waals surface area contributed by atoms with Crippen LogP contribution in [0.1, 0.15) is 31.7 Å². The molecule has 0 bridgehead atoms. The van der Waals surface area contributed by atoms with Crippen LogP contribution in [0.4, 0.5) is 0 Å². The average Bonchev–Trinajstić information content (AvgIpc) is 2.93. The summed E-state index contributed by atoms with van der Waals surface area (Å²) in [6.45, 7) is 3.14. The second kappa shape index (κ2) is 8.62. The van der Waals surface area contributed by atoms with E-state index in [-0.39, 0.29) is 24.4 Å². The van der Waals surface area contributed by atoms with Gasteiger partial charge in [-0.1, -0.05) is 23.7 Å². The standard InChI is InChI=1S/C16H23ClN2O.ClH/c1-12(10-13-5-7-14(17)8-6-13)19(2)16(20)11-15-4-3-9-18-15;/h5-8,12,15,18H,3-4,9-11H2,1-2H3;1H. The second-order valence-corrected chi connectivity index (χ2v) is 6.12. The SMILES string of the molecule is CC(Cc1ccc(Cl)cc1)N(C)C(=O)CC1CCCN1.Cl. The van der Waals surface area contributed by atoms with E-state index in [1.165, 1.54) is 12.0 Å². The van der Waals surface area contributed by atoms with Crippen molar-refractivity contribution < 1.29 is 4.79 Å². The molecule has 1 amide bonds. The third-order valence-electron chi connectivity index (χ3n) is 4.08. The lowest BCUT2D eigenvalue weighted by Gasteiger charge is -2.26. The van der Waals surface area contributed by atoms with Crippen molar-refractivity contribution in [3.05, 3.63) is 34.9 Å². The Hall–Kier alpha value is -0.770. The molecule has 1 saturated heterocycles. The van der Waals surface area contributed by atoms with E-state index in [1.807, 2.05) is 36.2 Å². The second-order valence-electron chi connectivity index (χ2n) is 5.68. The fraction of sp³-hybridized carbons (Fsp3) is 0.562. The molecule has 0 aromatic heterocycles. The zero-order valence-corrected chi connectivity index (χ0v) is 14.2. The van der Waals surface area contributed by atoms with E-state index in [4.69, 9.17) is 11.6 Å². The van der Waals surface area contributed by atoms with Gasteiger partial charge < -0.3 is 10.2 Å². The Morgan fingerprint density at radius 1 is 1.43 bits per heavy atom. The number of hydrogen-bond acceptors (Lipinski definition) is 2. The summed E-state index contributed by atoms with van der Waals surface area (Å²) in [5.41, 5.74) is 1.21. The van der Waals surface area contributed by atoms with Crippen molar-refractivity contribution in [2.75, 3.05) is 13.6 Å². The Morgan fingerprint density at radius 2 is 2.10 bits per heavy atom. The molecule has 21 heavy (non-hydrogen) atoms. The molecule has 1 aromatic rings. The quantitative estimate of drug-likeness (QED) is 0.898. The summed E-state index contributed by atoms with van der Waals surface area (Å²) in [5, 5.41) is 4.12. The smallest absolute Gasteiger partial charge is 0.224 e. The first-order chi connectivity index (χ1) is 9.56. The number of carbonyl (C=O) groups is 1. The Balaban J connectivity index is 0.00000220. The molecule has 2 unspecified atom stereocenters. The molecule has 1 aliphatic rings. The van der Waals surface area contributed by atoms with Gasteiger partial charge in [0.1, 0.15) is 0 Å². The molecule has 1 aliphatic heterocycles. The Bertz CT molecular complexity index is 444. The lowest BCUT2D eigenvalue weighted by atomic mass is 10.1. The van der Waals surface area contributed by atoms with Gasteiger partial charge in [-0.2, -0.15) is 0 Å². The summed E-state index contributed by atoms with van der Waals surface area (Å²) in [4.78, 5) is 14.1. The minimum Gasteiger partial charge on any atom is -0.343 e. The highest BCUT2D eigenvalue weighted by molar-refractivity contribution is 6.30. The van der Waals surface area contributed by atoms with E-state index in [2.05, 4.69) is 12.2 Å². The number of rotatable bonds is 5. The zero-order chi connectivity index (χ0) is 14.5. The third kappa shape index (κ3) is 5.50. The highest BCUT2D eigenvalue weighted by Gasteiger charge is 2.22. The van der Waals surface area contributed by atoms with Crippen molar-refractivity contribution in [3.63, 3.8) is 0 Å². The summed E-state index contributed by atoms with van der Waals surface area (Å²) in [5.74, 6) is 0.228. The van der Waals surface area contributed by atoms with Crippen LogP contribution in [0.2, 0.25) is 5.02 Å². The third-order valence-corrected chi connectivity index (χ3v) is 4.33. The molecule has 0 saturated carbocycles. The van der Waals surface area contributed by atoms with E-state index >= 15 is 0 Å². The van der Waals surface area contributed by atoms with E-state index in [1.54, 1.807) is 0 Å². The van der Waals surface area contributed by atoms with Crippen LogP contribution in [0.5, 0.6) is 0 Å². The molecule has 2 atom stereocenters. The largest absolute Gasteiger partial charge is 0.343 e. The van der Waals surface area contributed by atoms with Gasteiger partial charge in [-0.05, 0) is 50.4 Å². The van der Waals surface area contributed by atoms with Crippen molar-refractivity contribution >= 4 is 29.9 Å². The van der Waals surface area contributed by atoms with E-state index < -0.39 is 0 Å². The normalized spacial score (nSPS) is 18.9. The molecule has 2 rings (SSSR count). The van der Waals surface area contributed by atoms with Crippen molar-refractivity contribution in [3.8, 4) is 0 Å². The number of carbonyl (C=O) groups excluding carboxylic acids is 1. The van der Waals surface area contributed by atoms with Crippen LogP contribution in [0.15, 0.2) is 24.3 Å². The van der Waals surface area contributed by atoms with Crippen LogP contribution < -0.4 is 5.32 Å². The summed E-state index contributed by atoms with van der Waals surface area (Å²) >= 11 is 5.88. The molecule has 118 valence electrons. The maximum atomic E-state index is 12.2. The lowest BCUT2D eigenvalue weighted by Crippen LogP contribution is -2.39. The number of halogens is 2. The van der Waals surface area contributed by atoms with Crippen LogP contribution in [-0.4, -0.2) is 36.5 Å². The number of hydrogen-bond donors (Lipinski definition) is 1. The highest BCUT2D eigenvalue weighted by atomic mass is 35.5. The first-order valence-corrected chi connectivity index (χ1v) is 7.67. The predicted molar refractivity (Wildman–Crippen MR) is 90.3 cm³/mol. The van der Waals surface area contributed by atoms with Gasteiger partial charge in [-0.25, -0.2) is 0 Å². The summed E-state index contributed by atoms with van der Waals surface area (Å²) < 4.78 is 0. The highest BCUT2D eigenvalue weighted by Crippen LogP contribution is 2.15. The van der Waals surface area contributed by atoms with Gasteiger partial charge in [0.05, 0.1) is 0 Å². The first kappa shape index (κ1) is 18.3. The summed E-state index contributed by atoms with van der Waals surface area (Å²) in [6, 6.07) is 8.41. The minimum absolute atomic E-state index is 0. The van der Waals surface area contributed by atoms with Crippen LogP contribution in [0.25, 0.3) is 0 Å². The molecule has 5 heteroatoms. The fourth-order valence-corrected chi connectivity index (χ4v) is 2.76. The predicted octanol–water partition coefficient (Wildman–Crippen LogP) is 3.29. The first-order valence-electron chi connectivity index (χ1n) is 7.29. The van der Waals surface area contributed by atoms with Crippen molar-refractivity contribution in [1.82, 2.24) is 10.2 Å². The number of likely N-dealkylation sites (N-methyl/N-ethyl adjacent to an activating group) is 1. The molecule has 1 fully saturated rings. The number of benzene rings is 1. The minimum atomic E-state index is 0. The number of nitrogens with one attached hydrogen (secondary N) is 1. The molecular weight excluding hydrogens is 307 g/mol. The number of nitrogens with zero attached hydrogens (tertiary/aromatic N) is 1. The molecule has 0 radical (unpaired) electrons. The van der Waals surface area contributed by atoms with Gasteiger partial charge in [0.25, 0.3) is 0 Å². The van der Waals surface area contributed by atoms with Gasteiger partial charge in [0, 0.05) is 30.6 Å². The monoisotopic (exact) mass is 330 g/mol. The van der Waals surface area contributed by atoms with Crippen molar-refractivity contribution in [1.29, 1.82) is 0 Å². The van der Waals surface area contributed by atoms with Crippen molar-refractivity contribution in [2.45, 2.75) is 44.7 Å². The van der Waals surface area contributed by atoms with Crippen LogP contribution in [0.3, 0.4) is 0 Å². The van der Waals surface area contributed by atoms with Gasteiger partial charge in [0.2, 0.25) is 5.91 Å². The molecule has 1 N–H and O–H groups in total. The fourth-order valence-electron chi connectivity index (χ4n) is 2.63. The maximum Gasteiger partial charge on any atom is 0.224 e. The molecule has 3 nitrogen and oxygen atoms in total. The molecular formula is C16H24Cl2N2O. The lowest BCUT2D eigenvalue weighted by molar-refractivity contribution is -0.132. The van der Waals surface area contributed by atoms with Gasteiger partial charge >= 0.3 is 0 Å². The van der Waals surface area contributed by atoms with Crippen LogP contribution in [-0.2, 0) is 11.2 Å². The Morgan fingerprint density at radius 3 is 2.67 bits per heavy atom. The Labute approximate surface area is 138 Å². The van der Waals surface area contributed by atoms with Crippen molar-refractivity contribution in [2.24, 2.45) is 0 Å². The zero-order valence-electron chi connectivity index (χ0n) is 12.6. The molecule has 0 aliphatic carbocycles.